The number of carbonyl (C=O) groups excluding carboxylic acids is 2. The number of hydrogen-bond acceptors (Lipinski definition) is 3. The summed E-state index contributed by atoms with van der Waals surface area (Å²) < 4.78 is 4.82. The average Bonchev–Trinajstić information content (AvgIpc) is 2.83. The SMILES string of the molecule is C/C=C\CCC(=O)[C@H]1O[C@H]1C(N)=O. The summed E-state index contributed by atoms with van der Waals surface area (Å²) in [5, 5.41) is 0. The smallest absolute Gasteiger partial charge is 0.249 e. The molecule has 0 unspecified atom stereocenters. The normalized spacial score (nSPS) is 26.2. The van der Waals surface area contributed by atoms with Crippen molar-refractivity contribution in [3.05, 3.63) is 12.2 Å². The molecule has 0 radical (unpaired) electrons. The van der Waals surface area contributed by atoms with Crippen LogP contribution in [0.4, 0.5) is 0 Å². The topological polar surface area (TPSA) is 72.7 Å². The molecule has 0 aromatic heterocycles. The van der Waals surface area contributed by atoms with Crippen molar-refractivity contribution in [2.24, 2.45) is 5.73 Å². The van der Waals surface area contributed by atoms with Gasteiger partial charge in [-0.25, -0.2) is 0 Å². The van der Waals surface area contributed by atoms with Gasteiger partial charge in [-0.05, 0) is 13.3 Å². The summed E-state index contributed by atoms with van der Waals surface area (Å²) in [6, 6.07) is 0. The third-order valence-electron chi connectivity index (χ3n) is 1.88. The summed E-state index contributed by atoms with van der Waals surface area (Å²) in [7, 11) is 0. The van der Waals surface area contributed by atoms with Gasteiger partial charge >= 0.3 is 0 Å². The van der Waals surface area contributed by atoms with Crippen molar-refractivity contribution >= 4 is 11.7 Å². The van der Waals surface area contributed by atoms with Gasteiger partial charge < -0.3 is 10.5 Å². The number of primary amides is 1. The molecular weight excluding hydrogens is 170 g/mol. The van der Waals surface area contributed by atoms with E-state index >= 15 is 0 Å². The molecule has 72 valence electrons. The van der Waals surface area contributed by atoms with Gasteiger partial charge in [0.25, 0.3) is 0 Å². The predicted molar refractivity (Wildman–Crippen MR) is 46.9 cm³/mol. The zero-order chi connectivity index (χ0) is 9.84. The third kappa shape index (κ3) is 2.66. The summed E-state index contributed by atoms with van der Waals surface area (Å²) in [6.45, 7) is 1.89. The summed E-state index contributed by atoms with van der Waals surface area (Å²) in [5.74, 6) is -0.591. The van der Waals surface area contributed by atoms with E-state index in [0.717, 1.165) is 0 Å². The number of hydrogen-bond donors (Lipinski definition) is 1. The molecule has 1 fully saturated rings. The van der Waals surface area contributed by atoms with Gasteiger partial charge in [0.05, 0.1) is 0 Å². The average molecular weight is 183 g/mol. The minimum atomic E-state index is -0.668. The number of ether oxygens (including phenoxy) is 1. The Kier molecular flexibility index (Phi) is 3.19. The van der Waals surface area contributed by atoms with Gasteiger partial charge in [-0.1, -0.05) is 12.2 Å². The molecule has 1 aliphatic heterocycles. The van der Waals surface area contributed by atoms with Gasteiger partial charge in [-0.2, -0.15) is 0 Å². The van der Waals surface area contributed by atoms with E-state index in [1.807, 2.05) is 19.1 Å². The Labute approximate surface area is 76.7 Å². The molecule has 13 heavy (non-hydrogen) atoms. The molecule has 4 heteroatoms. The fourth-order valence-corrected chi connectivity index (χ4v) is 1.11. The Bertz CT molecular complexity index is 247. The fraction of sp³-hybridized carbons (Fsp3) is 0.556. The minimum Gasteiger partial charge on any atom is -0.367 e. The van der Waals surface area contributed by atoms with Crippen molar-refractivity contribution in [1.82, 2.24) is 0 Å². The van der Waals surface area contributed by atoms with Crippen LogP contribution in [0.5, 0.6) is 0 Å². The van der Waals surface area contributed by atoms with Gasteiger partial charge in [-0.15, -0.1) is 0 Å². The van der Waals surface area contributed by atoms with Crippen molar-refractivity contribution in [2.75, 3.05) is 0 Å². The number of nitrogens with two attached hydrogens (primary N) is 1. The molecule has 1 amide bonds. The van der Waals surface area contributed by atoms with Crippen LogP contribution >= 0.6 is 0 Å². The first-order valence-corrected chi connectivity index (χ1v) is 4.25. The largest absolute Gasteiger partial charge is 0.367 e. The highest BCUT2D eigenvalue weighted by Crippen LogP contribution is 2.23. The number of Topliss-reactive ketones (excluding diaryl/α,β-unsaturated/α-hetero) is 1. The Morgan fingerprint density at radius 1 is 1.46 bits per heavy atom. The molecule has 0 aromatic carbocycles. The Hall–Kier alpha value is -1.16. The van der Waals surface area contributed by atoms with E-state index in [0.29, 0.717) is 12.8 Å². The van der Waals surface area contributed by atoms with E-state index in [1.54, 1.807) is 0 Å². The standard InChI is InChI=1S/C9H13NO3/c1-2-3-4-5-6(11)7-8(13-7)9(10)12/h2-3,7-8H,4-5H2,1H3,(H2,10,12)/b3-2-/t7-,8-/m1/s1. The Morgan fingerprint density at radius 2 is 2.15 bits per heavy atom. The van der Waals surface area contributed by atoms with Gasteiger partial charge in [0.1, 0.15) is 0 Å². The van der Waals surface area contributed by atoms with Crippen LogP contribution in [0.3, 0.4) is 0 Å². The van der Waals surface area contributed by atoms with Gasteiger partial charge in [0, 0.05) is 6.42 Å². The summed E-state index contributed by atoms with van der Waals surface area (Å²) in [6.07, 6.45) is 3.66. The second-order valence-corrected chi connectivity index (χ2v) is 2.95. The molecule has 0 aromatic rings. The molecular formula is C9H13NO3. The zero-order valence-corrected chi connectivity index (χ0v) is 7.53. The lowest BCUT2D eigenvalue weighted by atomic mass is 10.1. The van der Waals surface area contributed by atoms with Gasteiger partial charge in [-0.3, -0.25) is 9.59 Å². The molecule has 0 spiro atoms. The molecule has 4 nitrogen and oxygen atoms in total. The highest BCUT2D eigenvalue weighted by Gasteiger charge is 2.48. The van der Waals surface area contributed by atoms with Crippen molar-refractivity contribution < 1.29 is 14.3 Å². The number of rotatable bonds is 5. The fourth-order valence-electron chi connectivity index (χ4n) is 1.11. The summed E-state index contributed by atoms with van der Waals surface area (Å²) in [4.78, 5) is 21.8. The van der Waals surface area contributed by atoms with E-state index in [1.165, 1.54) is 0 Å². The van der Waals surface area contributed by atoms with E-state index < -0.39 is 18.1 Å². The first-order valence-electron chi connectivity index (χ1n) is 4.25. The summed E-state index contributed by atoms with van der Waals surface area (Å²) >= 11 is 0. The maximum absolute atomic E-state index is 11.2. The third-order valence-corrected chi connectivity index (χ3v) is 1.88. The summed E-state index contributed by atoms with van der Waals surface area (Å²) in [5.41, 5.74) is 4.95. The molecule has 0 bridgehead atoms. The van der Waals surface area contributed by atoms with Crippen LogP contribution in [-0.2, 0) is 14.3 Å². The minimum absolute atomic E-state index is 0.0399. The van der Waals surface area contributed by atoms with Gasteiger partial charge in [0.15, 0.2) is 18.0 Å². The van der Waals surface area contributed by atoms with Crippen LogP contribution in [-0.4, -0.2) is 23.9 Å². The molecule has 0 aliphatic carbocycles. The number of ketones is 1. The molecule has 1 saturated heterocycles. The number of carbonyl (C=O) groups is 2. The molecule has 2 N–H and O–H groups in total. The van der Waals surface area contributed by atoms with E-state index in [4.69, 9.17) is 10.5 Å². The highest BCUT2D eigenvalue weighted by atomic mass is 16.6. The van der Waals surface area contributed by atoms with Crippen molar-refractivity contribution in [3.8, 4) is 0 Å². The number of epoxide rings is 1. The van der Waals surface area contributed by atoms with Crippen LogP contribution in [0.1, 0.15) is 19.8 Å². The first kappa shape index (κ1) is 9.92. The number of allylic oxidation sites excluding steroid dienone is 2. The second-order valence-electron chi connectivity index (χ2n) is 2.95. The highest BCUT2D eigenvalue weighted by molar-refractivity contribution is 5.95. The lowest BCUT2D eigenvalue weighted by molar-refractivity contribution is -0.121. The Morgan fingerprint density at radius 3 is 2.62 bits per heavy atom. The lowest BCUT2D eigenvalue weighted by Crippen LogP contribution is -2.22. The van der Waals surface area contributed by atoms with E-state index in [2.05, 4.69) is 0 Å². The predicted octanol–water partition coefficient (Wildman–Crippen LogP) is 0.164. The maximum Gasteiger partial charge on any atom is 0.249 e. The maximum atomic E-state index is 11.2. The quantitative estimate of drug-likeness (QED) is 0.487. The second kappa shape index (κ2) is 4.18. The Balaban J connectivity index is 2.23. The van der Waals surface area contributed by atoms with Crippen LogP contribution in [0.2, 0.25) is 0 Å². The molecule has 1 rings (SSSR count). The number of amides is 1. The van der Waals surface area contributed by atoms with Crippen LogP contribution in [0, 0.1) is 0 Å². The van der Waals surface area contributed by atoms with Crippen molar-refractivity contribution in [1.29, 1.82) is 0 Å². The van der Waals surface area contributed by atoms with Crippen LogP contribution in [0.15, 0.2) is 12.2 Å². The van der Waals surface area contributed by atoms with Gasteiger partial charge in [0.2, 0.25) is 5.91 Å². The lowest BCUT2D eigenvalue weighted by Gasteiger charge is -1.91. The van der Waals surface area contributed by atoms with E-state index in [-0.39, 0.29) is 5.78 Å². The molecule has 1 heterocycles. The van der Waals surface area contributed by atoms with Crippen LogP contribution in [0.25, 0.3) is 0 Å². The molecule has 1 aliphatic rings. The van der Waals surface area contributed by atoms with E-state index in [9.17, 15) is 9.59 Å². The van der Waals surface area contributed by atoms with Crippen molar-refractivity contribution in [3.63, 3.8) is 0 Å². The first-order chi connectivity index (χ1) is 6.16. The van der Waals surface area contributed by atoms with Crippen LogP contribution < -0.4 is 5.73 Å². The van der Waals surface area contributed by atoms with Crippen molar-refractivity contribution in [2.45, 2.75) is 32.0 Å². The zero-order valence-electron chi connectivity index (χ0n) is 7.53. The molecule has 0 saturated carbocycles. The monoisotopic (exact) mass is 183 g/mol. The molecule has 2 atom stereocenters.